The number of piperidine rings is 1. The number of aromatic nitrogens is 1. The number of nitrogens with one attached hydrogen (secondary N) is 2. The van der Waals surface area contributed by atoms with Crippen LogP contribution in [0.1, 0.15) is 43.6 Å². The summed E-state index contributed by atoms with van der Waals surface area (Å²) < 4.78 is 5.02. The van der Waals surface area contributed by atoms with Crippen LogP contribution in [0.2, 0.25) is 0 Å². The average molecular weight is 334 g/mol. The minimum Gasteiger partial charge on any atom is -0.450 e. The number of anilines is 1. The molecule has 7 heteroatoms. The Hall–Kier alpha value is -2.31. The molecule has 7 nitrogen and oxygen atoms in total. The molecule has 0 unspecified atom stereocenters. The highest BCUT2D eigenvalue weighted by atomic mass is 16.6. The molecule has 2 rings (SSSR count). The molecular weight excluding hydrogens is 308 g/mol. The fourth-order valence-corrected chi connectivity index (χ4v) is 2.63. The van der Waals surface area contributed by atoms with Crippen molar-refractivity contribution >= 4 is 17.7 Å². The summed E-state index contributed by atoms with van der Waals surface area (Å²) in [4.78, 5) is 29.5. The van der Waals surface area contributed by atoms with Gasteiger partial charge in [-0.2, -0.15) is 0 Å². The molecular formula is C17H26N4O3. The molecule has 1 fully saturated rings. The number of nitrogens with zero attached hydrogens (tertiary/aromatic N) is 2. The Bertz CT molecular complexity index is 557. The van der Waals surface area contributed by atoms with Crippen molar-refractivity contribution in [2.75, 3.05) is 31.6 Å². The first-order valence-electron chi connectivity index (χ1n) is 8.56. The second kappa shape index (κ2) is 9.10. The Morgan fingerprint density at radius 3 is 2.75 bits per heavy atom. The van der Waals surface area contributed by atoms with E-state index in [-0.39, 0.29) is 18.0 Å². The third-order valence-corrected chi connectivity index (χ3v) is 3.92. The minimum atomic E-state index is -0.241. The SMILES string of the molecule is CCCNC(=O)c1cc(NC2CCN(C(=O)OCC)CC2)ccn1. The van der Waals surface area contributed by atoms with E-state index >= 15 is 0 Å². The van der Waals surface area contributed by atoms with Crippen molar-refractivity contribution in [3.8, 4) is 0 Å². The number of hydrogen-bond acceptors (Lipinski definition) is 5. The zero-order valence-corrected chi connectivity index (χ0v) is 14.4. The predicted molar refractivity (Wildman–Crippen MR) is 92.1 cm³/mol. The molecule has 0 aliphatic carbocycles. The molecule has 2 amide bonds. The predicted octanol–water partition coefficient (Wildman–Crippen LogP) is 2.25. The molecule has 0 saturated carbocycles. The van der Waals surface area contributed by atoms with Crippen LogP contribution in [0.3, 0.4) is 0 Å². The molecule has 1 saturated heterocycles. The first-order chi connectivity index (χ1) is 11.6. The van der Waals surface area contributed by atoms with E-state index in [1.54, 1.807) is 17.2 Å². The number of amides is 2. The van der Waals surface area contributed by atoms with Gasteiger partial charge in [-0.15, -0.1) is 0 Å². The second-order valence-corrected chi connectivity index (χ2v) is 5.79. The highest BCUT2D eigenvalue weighted by Crippen LogP contribution is 2.17. The van der Waals surface area contributed by atoms with Crippen molar-refractivity contribution in [1.29, 1.82) is 0 Å². The van der Waals surface area contributed by atoms with Crippen molar-refractivity contribution in [2.24, 2.45) is 0 Å². The lowest BCUT2D eigenvalue weighted by atomic mass is 10.1. The molecule has 24 heavy (non-hydrogen) atoms. The van der Waals surface area contributed by atoms with Crippen molar-refractivity contribution in [3.05, 3.63) is 24.0 Å². The van der Waals surface area contributed by atoms with Crippen LogP contribution >= 0.6 is 0 Å². The lowest BCUT2D eigenvalue weighted by Crippen LogP contribution is -2.42. The Balaban J connectivity index is 1.86. The van der Waals surface area contributed by atoms with Crippen molar-refractivity contribution in [3.63, 3.8) is 0 Å². The molecule has 1 aliphatic heterocycles. The smallest absolute Gasteiger partial charge is 0.409 e. The molecule has 2 heterocycles. The third kappa shape index (κ3) is 5.11. The maximum atomic E-state index is 12.0. The fraction of sp³-hybridized carbons (Fsp3) is 0.588. The van der Waals surface area contributed by atoms with Crippen LogP contribution < -0.4 is 10.6 Å². The van der Waals surface area contributed by atoms with Crippen molar-refractivity contribution < 1.29 is 14.3 Å². The number of hydrogen-bond donors (Lipinski definition) is 2. The summed E-state index contributed by atoms with van der Waals surface area (Å²) in [6.07, 6.45) is 3.98. The fourth-order valence-electron chi connectivity index (χ4n) is 2.63. The summed E-state index contributed by atoms with van der Waals surface area (Å²) in [6.45, 7) is 6.20. The molecule has 2 N–H and O–H groups in total. The summed E-state index contributed by atoms with van der Waals surface area (Å²) in [7, 11) is 0. The van der Waals surface area contributed by atoms with Gasteiger partial charge >= 0.3 is 6.09 Å². The number of rotatable bonds is 6. The zero-order valence-electron chi connectivity index (χ0n) is 14.4. The van der Waals surface area contributed by atoms with E-state index in [2.05, 4.69) is 15.6 Å². The highest BCUT2D eigenvalue weighted by molar-refractivity contribution is 5.93. The zero-order chi connectivity index (χ0) is 17.4. The van der Waals surface area contributed by atoms with Gasteiger partial charge in [0.25, 0.3) is 5.91 Å². The summed E-state index contributed by atoms with van der Waals surface area (Å²) in [5, 5.41) is 6.25. The molecule has 0 spiro atoms. The quantitative estimate of drug-likeness (QED) is 0.834. The van der Waals surface area contributed by atoms with Gasteiger partial charge in [0.15, 0.2) is 0 Å². The highest BCUT2D eigenvalue weighted by Gasteiger charge is 2.23. The molecule has 1 aromatic heterocycles. The summed E-state index contributed by atoms with van der Waals surface area (Å²) in [5.74, 6) is -0.155. The first-order valence-corrected chi connectivity index (χ1v) is 8.56. The van der Waals surface area contributed by atoms with E-state index < -0.39 is 0 Å². The van der Waals surface area contributed by atoms with Gasteiger partial charge in [-0.3, -0.25) is 9.78 Å². The Labute approximate surface area is 142 Å². The molecule has 0 radical (unpaired) electrons. The lowest BCUT2D eigenvalue weighted by Gasteiger charge is -2.32. The monoisotopic (exact) mass is 334 g/mol. The topological polar surface area (TPSA) is 83.6 Å². The normalized spacial score (nSPS) is 15.0. The molecule has 132 valence electrons. The van der Waals surface area contributed by atoms with Crippen molar-refractivity contribution in [1.82, 2.24) is 15.2 Å². The number of pyridine rings is 1. The van der Waals surface area contributed by atoms with Crippen LogP contribution in [0, 0.1) is 0 Å². The molecule has 0 atom stereocenters. The van der Waals surface area contributed by atoms with Gasteiger partial charge in [0.1, 0.15) is 5.69 Å². The van der Waals surface area contributed by atoms with Crippen LogP contribution in [0.5, 0.6) is 0 Å². The Morgan fingerprint density at radius 2 is 2.08 bits per heavy atom. The maximum absolute atomic E-state index is 12.0. The van der Waals surface area contributed by atoms with E-state index in [0.29, 0.717) is 31.9 Å². The Morgan fingerprint density at radius 1 is 1.33 bits per heavy atom. The molecule has 1 aliphatic rings. The van der Waals surface area contributed by atoms with E-state index in [0.717, 1.165) is 24.9 Å². The number of ether oxygens (including phenoxy) is 1. The Kier molecular flexibility index (Phi) is 6.84. The summed E-state index contributed by atoms with van der Waals surface area (Å²) in [6, 6.07) is 3.89. The van der Waals surface area contributed by atoms with Gasteiger partial charge in [0.2, 0.25) is 0 Å². The number of likely N-dealkylation sites (tertiary alicyclic amines) is 1. The van der Waals surface area contributed by atoms with Crippen LogP contribution in [0.4, 0.5) is 10.5 Å². The molecule has 0 bridgehead atoms. The van der Waals surface area contributed by atoms with Crippen LogP contribution in [0.15, 0.2) is 18.3 Å². The summed E-state index contributed by atoms with van der Waals surface area (Å²) in [5.41, 5.74) is 1.29. The second-order valence-electron chi connectivity index (χ2n) is 5.79. The van der Waals surface area contributed by atoms with Gasteiger partial charge < -0.3 is 20.3 Å². The third-order valence-electron chi connectivity index (χ3n) is 3.92. The standard InChI is InChI=1S/C17H26N4O3/c1-3-8-19-16(22)15-12-14(5-9-18-15)20-13-6-10-21(11-7-13)17(23)24-4-2/h5,9,12-13H,3-4,6-8,10-11H2,1-2H3,(H,18,20)(H,19,22). The van der Waals surface area contributed by atoms with Crippen molar-refractivity contribution in [2.45, 2.75) is 39.2 Å². The van der Waals surface area contributed by atoms with Gasteiger partial charge in [-0.05, 0) is 38.3 Å². The van der Waals surface area contributed by atoms with E-state index in [1.165, 1.54) is 0 Å². The minimum absolute atomic E-state index is 0.155. The van der Waals surface area contributed by atoms with E-state index in [1.807, 2.05) is 19.9 Å². The lowest BCUT2D eigenvalue weighted by molar-refractivity contribution is 0.0946. The van der Waals surface area contributed by atoms with Gasteiger partial charge in [0, 0.05) is 37.6 Å². The van der Waals surface area contributed by atoms with E-state index in [9.17, 15) is 9.59 Å². The van der Waals surface area contributed by atoms with E-state index in [4.69, 9.17) is 4.74 Å². The van der Waals surface area contributed by atoms with Gasteiger partial charge in [-0.1, -0.05) is 6.92 Å². The van der Waals surface area contributed by atoms with Crippen LogP contribution in [0.25, 0.3) is 0 Å². The molecule has 0 aromatic carbocycles. The maximum Gasteiger partial charge on any atom is 0.409 e. The largest absolute Gasteiger partial charge is 0.450 e. The van der Waals surface area contributed by atoms with Crippen LogP contribution in [-0.4, -0.2) is 54.2 Å². The average Bonchev–Trinajstić information content (AvgIpc) is 2.60. The first kappa shape index (κ1) is 18.0. The van der Waals surface area contributed by atoms with Crippen LogP contribution in [-0.2, 0) is 4.74 Å². The summed E-state index contributed by atoms with van der Waals surface area (Å²) >= 11 is 0. The number of carbonyl (C=O) groups excluding carboxylic acids is 2. The van der Waals surface area contributed by atoms with Gasteiger partial charge in [0.05, 0.1) is 6.61 Å². The molecule has 1 aromatic rings. The number of carbonyl (C=O) groups is 2. The van der Waals surface area contributed by atoms with Gasteiger partial charge in [-0.25, -0.2) is 4.79 Å².